The van der Waals surface area contributed by atoms with E-state index < -0.39 is 0 Å². The molecule has 2 aliphatic heterocycles. The summed E-state index contributed by atoms with van der Waals surface area (Å²) in [6, 6.07) is 5.76. The summed E-state index contributed by atoms with van der Waals surface area (Å²) in [5.74, 6) is 0.573. The molecule has 2 aromatic rings. The predicted octanol–water partition coefficient (Wildman–Crippen LogP) is 1.98. The third-order valence-corrected chi connectivity index (χ3v) is 4.93. The molecule has 1 aromatic carbocycles. The summed E-state index contributed by atoms with van der Waals surface area (Å²) in [5.41, 5.74) is 6.83. The predicted molar refractivity (Wildman–Crippen MR) is 96.6 cm³/mol. The summed E-state index contributed by atoms with van der Waals surface area (Å²) in [5, 5.41) is 0. The molecule has 0 saturated carbocycles. The molecule has 0 aliphatic carbocycles. The van der Waals surface area contributed by atoms with Crippen molar-refractivity contribution in [3.8, 4) is 11.6 Å². The quantitative estimate of drug-likeness (QED) is 0.856. The molecule has 1 amide bonds. The van der Waals surface area contributed by atoms with Crippen molar-refractivity contribution in [3.63, 3.8) is 0 Å². The van der Waals surface area contributed by atoms with E-state index in [2.05, 4.69) is 20.8 Å². The molecule has 2 N–H and O–H groups in total. The number of halogens is 1. The van der Waals surface area contributed by atoms with Crippen molar-refractivity contribution in [1.29, 1.82) is 0 Å². The minimum absolute atomic E-state index is 0.112. The van der Waals surface area contributed by atoms with Crippen molar-refractivity contribution in [2.45, 2.75) is 31.2 Å². The molecule has 2 aliphatic rings. The Morgan fingerprint density at radius 2 is 2.22 bits per heavy atom. The minimum atomic E-state index is -0.368. The van der Waals surface area contributed by atoms with E-state index in [9.17, 15) is 9.18 Å². The van der Waals surface area contributed by atoms with Crippen LogP contribution in [0.5, 0.6) is 11.6 Å². The highest BCUT2D eigenvalue weighted by molar-refractivity contribution is 5.82. The number of nitrogens with one attached hydrogen (secondary N) is 2. The van der Waals surface area contributed by atoms with Crippen molar-refractivity contribution >= 4 is 5.91 Å². The highest BCUT2D eigenvalue weighted by Crippen LogP contribution is 2.28. The maximum absolute atomic E-state index is 13.3. The summed E-state index contributed by atoms with van der Waals surface area (Å²) >= 11 is 0. The van der Waals surface area contributed by atoms with Crippen LogP contribution in [0, 0.1) is 5.82 Å². The van der Waals surface area contributed by atoms with E-state index in [1.807, 2.05) is 4.90 Å². The fraction of sp³-hybridized carbons (Fsp3) is 0.421. The normalized spacial score (nSPS) is 22.6. The zero-order valence-corrected chi connectivity index (χ0v) is 14.9. The van der Waals surface area contributed by atoms with Crippen LogP contribution in [0.3, 0.4) is 0 Å². The molecule has 0 bridgehead atoms. The van der Waals surface area contributed by atoms with E-state index in [0.29, 0.717) is 18.2 Å². The van der Waals surface area contributed by atoms with Crippen LogP contribution in [0.15, 0.2) is 36.7 Å². The molecule has 4 rings (SSSR count). The van der Waals surface area contributed by atoms with Gasteiger partial charge in [-0.25, -0.2) is 14.8 Å². The lowest BCUT2D eigenvalue weighted by Crippen LogP contribution is -2.48. The Balaban J connectivity index is 1.45. The maximum Gasteiger partial charge on any atom is 0.241 e. The second kappa shape index (κ2) is 7.98. The number of likely N-dealkylation sites (tertiary alicyclic amines) is 1. The summed E-state index contributed by atoms with van der Waals surface area (Å²) in [4.78, 5) is 23.3. The van der Waals surface area contributed by atoms with Crippen LogP contribution in [-0.4, -0.2) is 46.5 Å². The second-order valence-corrected chi connectivity index (χ2v) is 6.88. The van der Waals surface area contributed by atoms with E-state index in [-0.39, 0.29) is 23.7 Å². The number of hydrazine groups is 1. The third-order valence-electron chi connectivity index (χ3n) is 4.93. The molecule has 142 valence electrons. The number of benzene rings is 1. The zero-order valence-electron chi connectivity index (χ0n) is 14.9. The van der Waals surface area contributed by atoms with Gasteiger partial charge in [0.25, 0.3) is 0 Å². The number of aromatic nitrogens is 2. The monoisotopic (exact) mass is 371 g/mol. The Labute approximate surface area is 156 Å². The molecule has 1 aromatic heterocycles. The minimum Gasteiger partial charge on any atom is -0.437 e. The van der Waals surface area contributed by atoms with Crippen LogP contribution >= 0.6 is 0 Å². The van der Waals surface area contributed by atoms with E-state index in [0.717, 1.165) is 38.0 Å². The first kappa shape index (κ1) is 17.8. The summed E-state index contributed by atoms with van der Waals surface area (Å²) in [6.45, 7) is 2.19. The van der Waals surface area contributed by atoms with Crippen molar-refractivity contribution in [1.82, 2.24) is 25.7 Å². The van der Waals surface area contributed by atoms with Crippen LogP contribution in [0.4, 0.5) is 4.39 Å². The molecule has 0 radical (unpaired) electrons. The summed E-state index contributed by atoms with van der Waals surface area (Å²) < 4.78 is 19.0. The largest absolute Gasteiger partial charge is 0.437 e. The Kier molecular flexibility index (Phi) is 5.26. The average molecular weight is 371 g/mol. The van der Waals surface area contributed by atoms with Gasteiger partial charge in [0.05, 0.1) is 11.9 Å². The first-order valence-electron chi connectivity index (χ1n) is 9.21. The first-order valence-corrected chi connectivity index (χ1v) is 9.21. The Hall–Kier alpha value is -2.58. The van der Waals surface area contributed by atoms with E-state index in [1.54, 1.807) is 18.3 Å². The number of hydrogen-bond acceptors (Lipinski definition) is 6. The maximum atomic E-state index is 13.3. The number of carbonyl (C=O) groups excluding carboxylic acids is 1. The molecule has 0 spiro atoms. The van der Waals surface area contributed by atoms with Gasteiger partial charge in [-0.05, 0) is 31.4 Å². The fourth-order valence-electron chi connectivity index (χ4n) is 3.57. The number of amides is 1. The lowest BCUT2D eigenvalue weighted by atomic mass is 9.94. The van der Waals surface area contributed by atoms with Gasteiger partial charge in [-0.3, -0.25) is 15.2 Å². The highest BCUT2D eigenvalue weighted by atomic mass is 19.1. The summed E-state index contributed by atoms with van der Waals surface area (Å²) in [7, 11) is 0. The lowest BCUT2D eigenvalue weighted by Gasteiger charge is -2.33. The van der Waals surface area contributed by atoms with Gasteiger partial charge in [-0.1, -0.05) is 6.07 Å². The number of rotatable bonds is 4. The number of nitrogens with zero attached hydrogens (tertiary/aromatic N) is 3. The van der Waals surface area contributed by atoms with Crippen LogP contribution in [0.2, 0.25) is 0 Å². The van der Waals surface area contributed by atoms with Gasteiger partial charge in [0.2, 0.25) is 11.8 Å². The molecular formula is C19H22FN5O2. The van der Waals surface area contributed by atoms with Crippen molar-refractivity contribution in [3.05, 3.63) is 48.2 Å². The van der Waals surface area contributed by atoms with Crippen molar-refractivity contribution in [2.24, 2.45) is 0 Å². The average Bonchev–Trinajstić information content (AvgIpc) is 3.23. The van der Waals surface area contributed by atoms with Crippen LogP contribution in [0.25, 0.3) is 0 Å². The highest BCUT2D eigenvalue weighted by Gasteiger charge is 2.31. The molecule has 27 heavy (non-hydrogen) atoms. The second-order valence-electron chi connectivity index (χ2n) is 6.88. The number of ether oxygens (including phenoxy) is 1. The molecular weight excluding hydrogens is 349 g/mol. The van der Waals surface area contributed by atoms with E-state index >= 15 is 0 Å². The standard InChI is InChI=1S/C19H22FN5O2/c20-14-4-1-5-15(9-14)27-18-11-21-10-17(23-18)13-3-2-8-25(12-13)19(26)16-6-7-22-24-16/h1,4-5,9-11,13,16,22,24H,2-3,6-8,12H2. The lowest BCUT2D eigenvalue weighted by molar-refractivity contribution is -0.134. The van der Waals surface area contributed by atoms with E-state index in [4.69, 9.17) is 4.74 Å². The van der Waals surface area contributed by atoms with Crippen molar-refractivity contribution < 1.29 is 13.9 Å². The van der Waals surface area contributed by atoms with Gasteiger partial charge >= 0.3 is 0 Å². The van der Waals surface area contributed by atoms with Gasteiger partial charge in [-0.15, -0.1) is 0 Å². The first-order chi connectivity index (χ1) is 13.2. The van der Waals surface area contributed by atoms with Gasteiger partial charge in [0.1, 0.15) is 17.6 Å². The van der Waals surface area contributed by atoms with Gasteiger partial charge in [-0.2, -0.15) is 0 Å². The molecule has 7 nitrogen and oxygen atoms in total. The molecule has 2 saturated heterocycles. The topological polar surface area (TPSA) is 79.4 Å². The van der Waals surface area contributed by atoms with E-state index in [1.165, 1.54) is 18.3 Å². The van der Waals surface area contributed by atoms with Gasteiger partial charge in [0, 0.05) is 37.8 Å². The van der Waals surface area contributed by atoms with Gasteiger partial charge in [0.15, 0.2) is 0 Å². The molecule has 2 unspecified atom stereocenters. The molecule has 8 heteroatoms. The Morgan fingerprint density at radius 1 is 1.30 bits per heavy atom. The SMILES string of the molecule is O=C(C1CCNN1)N1CCCC(c2cncc(Oc3cccc(F)c3)n2)C1. The van der Waals surface area contributed by atoms with Crippen LogP contribution in [0.1, 0.15) is 30.9 Å². The Morgan fingerprint density at radius 3 is 3.04 bits per heavy atom. The number of piperidine rings is 1. The van der Waals surface area contributed by atoms with Crippen molar-refractivity contribution in [2.75, 3.05) is 19.6 Å². The molecule has 2 fully saturated rings. The number of hydrogen-bond donors (Lipinski definition) is 2. The Bertz CT molecular complexity index is 812. The smallest absolute Gasteiger partial charge is 0.241 e. The summed E-state index contributed by atoms with van der Waals surface area (Å²) in [6.07, 6.45) is 5.89. The third kappa shape index (κ3) is 4.23. The fourth-order valence-corrected chi connectivity index (χ4v) is 3.57. The zero-order chi connectivity index (χ0) is 18.6. The molecule has 2 atom stereocenters. The number of carbonyl (C=O) groups is 1. The molecule has 3 heterocycles. The van der Waals surface area contributed by atoms with Gasteiger partial charge < -0.3 is 9.64 Å². The van der Waals surface area contributed by atoms with Crippen LogP contribution in [-0.2, 0) is 4.79 Å². The van der Waals surface area contributed by atoms with Crippen LogP contribution < -0.4 is 15.6 Å².